The fourth-order valence-corrected chi connectivity index (χ4v) is 2.27. The lowest BCUT2D eigenvalue weighted by atomic mass is 10.0. The zero-order chi connectivity index (χ0) is 13.3. The average Bonchev–Trinajstić information content (AvgIpc) is 2.57. The van der Waals surface area contributed by atoms with Crippen molar-refractivity contribution in [3.8, 4) is 0 Å². The lowest BCUT2D eigenvalue weighted by Crippen LogP contribution is -2.08. The van der Waals surface area contributed by atoms with Crippen LogP contribution in [0.2, 0.25) is 5.02 Å². The molecule has 0 aliphatic carbocycles. The molecular weight excluding hydrogens is 255 g/mol. The molecule has 1 heterocycles. The molecule has 0 spiro atoms. The summed E-state index contributed by atoms with van der Waals surface area (Å²) >= 11 is 5.91. The van der Waals surface area contributed by atoms with E-state index >= 15 is 0 Å². The van der Waals surface area contributed by atoms with Gasteiger partial charge < -0.3 is 5.11 Å². The van der Waals surface area contributed by atoms with Gasteiger partial charge in [0.25, 0.3) is 0 Å². The lowest BCUT2D eigenvalue weighted by Gasteiger charge is -2.13. The summed E-state index contributed by atoms with van der Waals surface area (Å²) in [6.07, 6.45) is -0.702. The highest BCUT2D eigenvalue weighted by Crippen LogP contribution is 2.28. The fourth-order valence-electron chi connectivity index (χ4n) is 1.98. The number of benzene rings is 1. The number of rotatable bonds is 3. The Bertz CT molecular complexity index is 548. The number of hydrogen-bond donors (Lipinski definition) is 1. The molecule has 1 unspecified atom stereocenters. The molecule has 2 rings (SSSR count). The number of aryl methyl sites for hydroxylation is 2. The number of hydrogen-bond acceptors (Lipinski definition) is 2. The first-order valence-corrected chi connectivity index (χ1v) is 5.98. The Morgan fingerprint density at radius 2 is 2.22 bits per heavy atom. The lowest BCUT2D eigenvalue weighted by molar-refractivity contribution is 0.171. The van der Waals surface area contributed by atoms with Crippen LogP contribution in [0.1, 0.15) is 23.1 Å². The van der Waals surface area contributed by atoms with Gasteiger partial charge in [0, 0.05) is 29.7 Å². The van der Waals surface area contributed by atoms with E-state index in [1.165, 1.54) is 12.1 Å². The van der Waals surface area contributed by atoms with Crippen molar-refractivity contribution in [1.82, 2.24) is 9.78 Å². The van der Waals surface area contributed by atoms with Crippen LogP contribution in [0.25, 0.3) is 0 Å². The van der Waals surface area contributed by atoms with Crippen LogP contribution in [-0.4, -0.2) is 14.9 Å². The fraction of sp³-hybridized carbons (Fsp3) is 0.308. The standard InChI is InChI=1S/C13H14ClFN2O/c1-8-6-9(17(2)16-8)7-12(18)13-10(14)4-3-5-11(13)15/h3-6,12,18H,7H2,1-2H3. The van der Waals surface area contributed by atoms with Crippen LogP contribution in [0.3, 0.4) is 0 Å². The summed E-state index contributed by atoms with van der Waals surface area (Å²) in [6, 6.07) is 6.23. The maximum absolute atomic E-state index is 13.6. The van der Waals surface area contributed by atoms with E-state index in [0.29, 0.717) is 0 Å². The molecule has 0 aliphatic heterocycles. The first-order valence-electron chi connectivity index (χ1n) is 5.60. The van der Waals surface area contributed by atoms with Crippen molar-refractivity contribution in [2.24, 2.45) is 7.05 Å². The van der Waals surface area contributed by atoms with E-state index in [9.17, 15) is 9.50 Å². The largest absolute Gasteiger partial charge is 0.388 e. The van der Waals surface area contributed by atoms with E-state index in [4.69, 9.17) is 11.6 Å². The molecule has 0 amide bonds. The molecule has 0 fully saturated rings. The molecule has 18 heavy (non-hydrogen) atoms. The van der Waals surface area contributed by atoms with Gasteiger partial charge in [-0.15, -0.1) is 0 Å². The zero-order valence-electron chi connectivity index (χ0n) is 10.2. The van der Waals surface area contributed by atoms with E-state index in [0.717, 1.165) is 11.4 Å². The number of aromatic nitrogens is 2. The van der Waals surface area contributed by atoms with Gasteiger partial charge in [0.05, 0.1) is 11.8 Å². The molecule has 1 N–H and O–H groups in total. The number of aliphatic hydroxyl groups is 1. The second-order valence-electron chi connectivity index (χ2n) is 4.26. The van der Waals surface area contributed by atoms with Crippen molar-refractivity contribution in [2.75, 3.05) is 0 Å². The Morgan fingerprint density at radius 3 is 2.78 bits per heavy atom. The van der Waals surface area contributed by atoms with Crippen molar-refractivity contribution < 1.29 is 9.50 Å². The second kappa shape index (κ2) is 5.08. The molecule has 0 radical (unpaired) electrons. The molecule has 1 atom stereocenters. The van der Waals surface area contributed by atoms with Crippen LogP contribution < -0.4 is 0 Å². The Kier molecular flexibility index (Phi) is 3.68. The summed E-state index contributed by atoms with van der Waals surface area (Å²) in [5.41, 5.74) is 1.83. The quantitative estimate of drug-likeness (QED) is 0.930. The second-order valence-corrected chi connectivity index (χ2v) is 4.66. The third-order valence-electron chi connectivity index (χ3n) is 2.83. The molecule has 0 saturated heterocycles. The molecular formula is C13H14ClFN2O. The van der Waals surface area contributed by atoms with E-state index < -0.39 is 11.9 Å². The minimum atomic E-state index is -0.978. The molecule has 96 valence electrons. The SMILES string of the molecule is Cc1cc(CC(O)c2c(F)cccc2Cl)n(C)n1. The molecule has 2 aromatic rings. The maximum atomic E-state index is 13.6. The summed E-state index contributed by atoms with van der Waals surface area (Å²) in [6.45, 7) is 1.87. The molecule has 5 heteroatoms. The number of nitrogens with zero attached hydrogens (tertiary/aromatic N) is 2. The van der Waals surface area contributed by atoms with Gasteiger partial charge in [-0.2, -0.15) is 5.10 Å². The van der Waals surface area contributed by atoms with Gasteiger partial charge in [0.2, 0.25) is 0 Å². The predicted molar refractivity (Wildman–Crippen MR) is 68.0 cm³/mol. The summed E-state index contributed by atoms with van der Waals surface area (Å²) in [4.78, 5) is 0. The van der Waals surface area contributed by atoms with E-state index in [1.54, 1.807) is 17.8 Å². The summed E-state index contributed by atoms with van der Waals surface area (Å²) in [7, 11) is 1.79. The first-order chi connectivity index (χ1) is 8.49. The minimum Gasteiger partial charge on any atom is -0.388 e. The van der Waals surface area contributed by atoms with Crippen molar-refractivity contribution in [1.29, 1.82) is 0 Å². The van der Waals surface area contributed by atoms with Crippen LogP contribution in [0.15, 0.2) is 24.3 Å². The molecule has 3 nitrogen and oxygen atoms in total. The van der Waals surface area contributed by atoms with Crippen LogP contribution in [0.4, 0.5) is 4.39 Å². The van der Waals surface area contributed by atoms with E-state index in [1.807, 2.05) is 13.0 Å². The topological polar surface area (TPSA) is 38.0 Å². The Balaban J connectivity index is 2.27. The van der Waals surface area contributed by atoms with Gasteiger partial charge in [-0.05, 0) is 25.1 Å². The van der Waals surface area contributed by atoms with Gasteiger partial charge >= 0.3 is 0 Å². The molecule has 0 aliphatic rings. The number of aliphatic hydroxyl groups excluding tert-OH is 1. The van der Waals surface area contributed by atoms with Crippen molar-refractivity contribution in [3.05, 3.63) is 52.1 Å². The normalized spacial score (nSPS) is 12.7. The molecule has 0 bridgehead atoms. The number of halogens is 2. The molecule has 1 aromatic carbocycles. The van der Waals surface area contributed by atoms with Gasteiger partial charge in [0.1, 0.15) is 5.82 Å². The summed E-state index contributed by atoms with van der Waals surface area (Å²) in [5, 5.41) is 14.5. The smallest absolute Gasteiger partial charge is 0.130 e. The van der Waals surface area contributed by atoms with Gasteiger partial charge in [-0.25, -0.2) is 4.39 Å². The minimum absolute atomic E-state index is 0.137. The molecule has 1 aromatic heterocycles. The zero-order valence-corrected chi connectivity index (χ0v) is 10.9. The highest BCUT2D eigenvalue weighted by molar-refractivity contribution is 6.31. The highest BCUT2D eigenvalue weighted by atomic mass is 35.5. The van der Waals surface area contributed by atoms with Crippen molar-refractivity contribution in [3.63, 3.8) is 0 Å². The Hall–Kier alpha value is -1.39. The van der Waals surface area contributed by atoms with E-state index in [2.05, 4.69) is 5.10 Å². The van der Waals surface area contributed by atoms with Gasteiger partial charge in [-0.1, -0.05) is 17.7 Å². The Labute approximate surface area is 110 Å². The van der Waals surface area contributed by atoms with Crippen LogP contribution in [0, 0.1) is 12.7 Å². The van der Waals surface area contributed by atoms with Crippen LogP contribution in [-0.2, 0) is 13.5 Å². The highest BCUT2D eigenvalue weighted by Gasteiger charge is 2.18. The van der Waals surface area contributed by atoms with E-state index in [-0.39, 0.29) is 17.0 Å². The maximum Gasteiger partial charge on any atom is 0.130 e. The predicted octanol–water partition coefficient (Wildman–Crippen LogP) is 2.80. The summed E-state index contributed by atoms with van der Waals surface area (Å²) < 4.78 is 15.3. The monoisotopic (exact) mass is 268 g/mol. The van der Waals surface area contributed by atoms with Crippen molar-refractivity contribution >= 4 is 11.6 Å². The Morgan fingerprint density at radius 1 is 1.50 bits per heavy atom. The third kappa shape index (κ3) is 2.54. The molecule has 0 saturated carbocycles. The third-order valence-corrected chi connectivity index (χ3v) is 3.16. The van der Waals surface area contributed by atoms with Gasteiger partial charge in [-0.3, -0.25) is 4.68 Å². The average molecular weight is 269 g/mol. The van der Waals surface area contributed by atoms with Crippen molar-refractivity contribution in [2.45, 2.75) is 19.4 Å². The first kappa shape index (κ1) is 13.1. The van der Waals surface area contributed by atoms with Gasteiger partial charge in [0.15, 0.2) is 0 Å². The van der Waals surface area contributed by atoms with Crippen LogP contribution in [0.5, 0.6) is 0 Å². The summed E-state index contributed by atoms with van der Waals surface area (Å²) in [5.74, 6) is -0.492. The van der Waals surface area contributed by atoms with Crippen LogP contribution >= 0.6 is 11.6 Å².